The van der Waals surface area contributed by atoms with Gasteiger partial charge >= 0.3 is 8.25 Å². The third kappa shape index (κ3) is 7.81. The van der Waals surface area contributed by atoms with Crippen LogP contribution in [0.2, 0.25) is 0 Å². The highest BCUT2D eigenvalue weighted by Gasteiger charge is 2.04. The lowest BCUT2D eigenvalue weighted by atomic mass is 10.2. The second kappa shape index (κ2) is 10.6. The summed E-state index contributed by atoms with van der Waals surface area (Å²) in [6, 6.07) is 12.0. The van der Waals surface area contributed by atoms with Crippen LogP contribution in [0.1, 0.15) is 11.1 Å². The summed E-state index contributed by atoms with van der Waals surface area (Å²) in [5.74, 6) is 0. The molecule has 0 saturated carbocycles. The standard InChI is InChI=1S/C16H15Br4O3P/c17-13-5-11(6-14(18)9-13)1-3-22-24(21)23-4-2-12-7-15(19)10-16(20)8-12/h5-10,24H,1-4H2. The zero-order valence-corrected chi connectivity index (χ0v) is 19.9. The van der Waals surface area contributed by atoms with Crippen LogP contribution in [-0.2, 0) is 26.5 Å². The fourth-order valence-electron chi connectivity index (χ4n) is 2.06. The molecule has 0 N–H and O–H groups in total. The van der Waals surface area contributed by atoms with Gasteiger partial charge in [0.2, 0.25) is 0 Å². The van der Waals surface area contributed by atoms with Crippen molar-refractivity contribution in [2.24, 2.45) is 0 Å². The minimum Gasteiger partial charge on any atom is -0.310 e. The Balaban J connectivity index is 1.69. The molecular weight excluding hydrogens is 591 g/mol. The van der Waals surface area contributed by atoms with Gasteiger partial charge in [-0.05, 0) is 60.4 Å². The highest BCUT2D eigenvalue weighted by Crippen LogP contribution is 2.26. The van der Waals surface area contributed by atoms with E-state index in [1.807, 2.05) is 36.4 Å². The number of benzene rings is 2. The lowest BCUT2D eigenvalue weighted by Gasteiger charge is -2.07. The van der Waals surface area contributed by atoms with Gasteiger partial charge in [-0.3, -0.25) is 4.57 Å². The maximum absolute atomic E-state index is 11.8. The van der Waals surface area contributed by atoms with Crippen LogP contribution in [-0.4, -0.2) is 13.2 Å². The molecule has 8 heteroatoms. The van der Waals surface area contributed by atoms with Crippen LogP contribution in [0.25, 0.3) is 0 Å². The van der Waals surface area contributed by atoms with Crippen molar-refractivity contribution in [3.05, 3.63) is 65.4 Å². The molecule has 3 nitrogen and oxygen atoms in total. The summed E-state index contributed by atoms with van der Waals surface area (Å²) in [5.41, 5.74) is 2.20. The summed E-state index contributed by atoms with van der Waals surface area (Å²) < 4.78 is 26.4. The Hall–Kier alpha value is 0.510. The maximum atomic E-state index is 11.8. The molecule has 2 rings (SSSR count). The molecule has 0 bridgehead atoms. The van der Waals surface area contributed by atoms with Crippen molar-refractivity contribution in [3.8, 4) is 0 Å². The molecule has 130 valence electrons. The molecule has 0 aromatic heterocycles. The van der Waals surface area contributed by atoms with Crippen molar-refractivity contribution in [3.63, 3.8) is 0 Å². The molecular formula is C16H15Br4O3P. The van der Waals surface area contributed by atoms with Gasteiger partial charge in [0.15, 0.2) is 0 Å². The van der Waals surface area contributed by atoms with Gasteiger partial charge in [0.1, 0.15) is 0 Å². The molecule has 0 aliphatic carbocycles. The molecule has 0 spiro atoms. The Morgan fingerprint density at radius 1 is 0.667 bits per heavy atom. The van der Waals surface area contributed by atoms with Gasteiger partial charge in [-0.2, -0.15) is 0 Å². The van der Waals surface area contributed by atoms with E-state index in [1.165, 1.54) is 0 Å². The molecule has 0 radical (unpaired) electrons. The van der Waals surface area contributed by atoms with Crippen LogP contribution in [0.15, 0.2) is 54.3 Å². The smallest absolute Gasteiger partial charge is 0.310 e. The predicted molar refractivity (Wildman–Crippen MR) is 112 cm³/mol. The largest absolute Gasteiger partial charge is 0.319 e. The van der Waals surface area contributed by atoms with E-state index in [0.717, 1.165) is 29.0 Å². The average Bonchev–Trinajstić information content (AvgIpc) is 2.45. The normalized spacial score (nSPS) is 11.2. The minimum absolute atomic E-state index is 0.364. The van der Waals surface area contributed by atoms with Gasteiger partial charge in [-0.15, -0.1) is 0 Å². The molecule has 2 aromatic rings. The van der Waals surface area contributed by atoms with Crippen molar-refractivity contribution in [2.75, 3.05) is 13.2 Å². The van der Waals surface area contributed by atoms with Gasteiger partial charge in [-0.1, -0.05) is 63.7 Å². The zero-order chi connectivity index (χ0) is 17.5. The third-order valence-corrected chi connectivity index (χ3v) is 5.78. The summed E-state index contributed by atoms with van der Waals surface area (Å²) in [5, 5.41) is 0. The summed E-state index contributed by atoms with van der Waals surface area (Å²) in [6.07, 6.45) is 1.35. The Bertz CT molecular complexity index is 624. The van der Waals surface area contributed by atoms with Gasteiger partial charge in [0, 0.05) is 17.9 Å². The Kier molecular flexibility index (Phi) is 9.20. The summed E-state index contributed by atoms with van der Waals surface area (Å²) in [7, 11) is -2.47. The first kappa shape index (κ1) is 20.8. The molecule has 0 saturated heterocycles. The molecule has 2 aromatic carbocycles. The first-order chi connectivity index (χ1) is 11.4. The highest BCUT2D eigenvalue weighted by molar-refractivity contribution is 9.11. The number of rotatable bonds is 8. The summed E-state index contributed by atoms with van der Waals surface area (Å²) in [6.45, 7) is 0.728. The van der Waals surface area contributed by atoms with E-state index in [1.54, 1.807) is 0 Å². The van der Waals surface area contributed by atoms with Gasteiger partial charge in [0.25, 0.3) is 0 Å². The maximum Gasteiger partial charge on any atom is 0.319 e. The minimum atomic E-state index is -2.47. The number of hydrogen-bond acceptors (Lipinski definition) is 3. The fraction of sp³-hybridized carbons (Fsp3) is 0.250. The molecule has 0 aliphatic heterocycles. The second-order valence-electron chi connectivity index (χ2n) is 5.00. The van der Waals surface area contributed by atoms with Crippen molar-refractivity contribution in [2.45, 2.75) is 12.8 Å². The van der Waals surface area contributed by atoms with E-state index in [0.29, 0.717) is 26.1 Å². The van der Waals surface area contributed by atoms with Crippen LogP contribution < -0.4 is 0 Å². The van der Waals surface area contributed by atoms with E-state index < -0.39 is 8.25 Å². The second-order valence-corrected chi connectivity index (χ2v) is 9.74. The van der Waals surface area contributed by atoms with Gasteiger partial charge in [0.05, 0.1) is 13.2 Å². The van der Waals surface area contributed by atoms with Crippen molar-refractivity contribution >= 4 is 72.0 Å². The third-order valence-electron chi connectivity index (χ3n) is 3.07. The summed E-state index contributed by atoms with van der Waals surface area (Å²) >= 11 is 13.8. The zero-order valence-electron chi connectivity index (χ0n) is 12.5. The highest BCUT2D eigenvalue weighted by atomic mass is 79.9. The predicted octanol–water partition coefficient (Wildman–Crippen LogP) is 6.94. The van der Waals surface area contributed by atoms with E-state index in [2.05, 4.69) is 63.7 Å². The Morgan fingerprint density at radius 2 is 1.00 bits per heavy atom. The fourth-order valence-corrected chi connectivity index (χ4v) is 5.45. The quantitative estimate of drug-likeness (QED) is 0.306. The van der Waals surface area contributed by atoms with Crippen LogP contribution in [0, 0.1) is 0 Å². The van der Waals surface area contributed by atoms with Gasteiger partial charge < -0.3 is 9.05 Å². The Labute approximate surface area is 176 Å². The topological polar surface area (TPSA) is 35.5 Å². The molecule has 0 atom stereocenters. The first-order valence-electron chi connectivity index (χ1n) is 7.12. The van der Waals surface area contributed by atoms with Crippen LogP contribution in [0.3, 0.4) is 0 Å². The number of hydrogen-bond donors (Lipinski definition) is 0. The summed E-state index contributed by atoms with van der Waals surface area (Å²) in [4.78, 5) is 0. The molecule has 0 heterocycles. The first-order valence-corrected chi connectivity index (χ1v) is 11.5. The number of halogens is 4. The van der Waals surface area contributed by atoms with Crippen LogP contribution >= 0.6 is 72.0 Å². The Morgan fingerprint density at radius 3 is 1.33 bits per heavy atom. The van der Waals surface area contributed by atoms with E-state index in [-0.39, 0.29) is 0 Å². The molecule has 0 unspecified atom stereocenters. The van der Waals surface area contributed by atoms with Crippen LogP contribution in [0.4, 0.5) is 0 Å². The lowest BCUT2D eigenvalue weighted by molar-refractivity contribution is 0.229. The lowest BCUT2D eigenvalue weighted by Crippen LogP contribution is -1.97. The van der Waals surface area contributed by atoms with E-state index in [9.17, 15) is 4.57 Å². The average molecular weight is 606 g/mol. The monoisotopic (exact) mass is 602 g/mol. The van der Waals surface area contributed by atoms with Crippen molar-refractivity contribution in [1.29, 1.82) is 0 Å². The van der Waals surface area contributed by atoms with E-state index >= 15 is 0 Å². The molecule has 24 heavy (non-hydrogen) atoms. The van der Waals surface area contributed by atoms with Crippen LogP contribution in [0.5, 0.6) is 0 Å². The van der Waals surface area contributed by atoms with Crippen molar-refractivity contribution < 1.29 is 13.6 Å². The van der Waals surface area contributed by atoms with Gasteiger partial charge in [-0.25, -0.2) is 0 Å². The SMILES string of the molecule is O=[PH](OCCc1cc(Br)cc(Br)c1)OCCc1cc(Br)cc(Br)c1. The molecule has 0 amide bonds. The van der Waals surface area contributed by atoms with E-state index in [4.69, 9.17) is 9.05 Å². The van der Waals surface area contributed by atoms with Crippen molar-refractivity contribution in [1.82, 2.24) is 0 Å². The molecule has 0 aliphatic rings. The molecule has 0 fully saturated rings.